The summed E-state index contributed by atoms with van der Waals surface area (Å²) in [6, 6.07) is 11.1. The molecule has 1 N–H and O–H groups in total. The van der Waals surface area contributed by atoms with Gasteiger partial charge in [0.25, 0.3) is 5.56 Å². The number of aromatic nitrogens is 2. The number of hydrogen-bond acceptors (Lipinski definition) is 6. The lowest BCUT2D eigenvalue weighted by Gasteiger charge is -2.14. The Morgan fingerprint density at radius 3 is 2.87 bits per heavy atom. The number of allylic oxidation sites excluding steroid dienone is 1. The van der Waals surface area contributed by atoms with Crippen LogP contribution in [0.4, 0.5) is 0 Å². The Hall–Kier alpha value is -3.65. The van der Waals surface area contributed by atoms with E-state index in [0.717, 1.165) is 22.2 Å². The van der Waals surface area contributed by atoms with Crippen molar-refractivity contribution in [2.45, 2.75) is 6.42 Å². The molecule has 2 aromatic carbocycles. The molecule has 2 heterocycles. The molecular weight excluding hydrogens is 404 g/mol. The molecule has 4 rings (SSSR count). The third kappa shape index (κ3) is 3.53. The number of rotatable bonds is 7. The largest absolute Gasteiger partial charge is 0.493 e. The number of ether oxygens (including phenoxy) is 2. The molecule has 0 amide bonds. The van der Waals surface area contributed by atoms with Crippen LogP contribution >= 0.6 is 11.3 Å². The van der Waals surface area contributed by atoms with E-state index in [1.54, 1.807) is 22.6 Å². The number of aliphatic carboxylic acids is 1. The summed E-state index contributed by atoms with van der Waals surface area (Å²) in [5.74, 6) is -0.338. The monoisotopic (exact) mass is 422 g/mol. The minimum atomic E-state index is -1.08. The van der Waals surface area contributed by atoms with E-state index in [-0.39, 0.29) is 5.56 Å². The lowest BCUT2D eigenvalue weighted by atomic mass is 10.1. The van der Waals surface area contributed by atoms with E-state index in [9.17, 15) is 9.59 Å². The van der Waals surface area contributed by atoms with E-state index in [0.29, 0.717) is 27.4 Å². The summed E-state index contributed by atoms with van der Waals surface area (Å²) < 4.78 is 13.0. The first-order valence-electron chi connectivity index (χ1n) is 9.10. The van der Waals surface area contributed by atoms with Gasteiger partial charge in [-0.15, -0.1) is 6.58 Å². The normalized spacial score (nSPS) is 11.8. The van der Waals surface area contributed by atoms with Crippen molar-refractivity contribution >= 4 is 39.4 Å². The smallest absolute Gasteiger partial charge is 0.341 e. The molecule has 8 heteroatoms. The Kier molecular flexibility index (Phi) is 5.24. The number of nitrogens with zero attached hydrogens (tertiary/aromatic N) is 2. The van der Waals surface area contributed by atoms with Gasteiger partial charge in [0.1, 0.15) is 0 Å². The molecule has 0 saturated heterocycles. The fourth-order valence-corrected chi connectivity index (χ4v) is 4.27. The highest BCUT2D eigenvalue weighted by Crippen LogP contribution is 2.34. The number of carbonyl (C=O) groups is 1. The van der Waals surface area contributed by atoms with E-state index in [1.165, 1.54) is 18.4 Å². The van der Waals surface area contributed by atoms with Crippen molar-refractivity contribution in [3.63, 3.8) is 0 Å². The predicted molar refractivity (Wildman–Crippen MR) is 116 cm³/mol. The molecule has 0 aliphatic carbocycles. The summed E-state index contributed by atoms with van der Waals surface area (Å²) in [4.78, 5) is 29.0. The highest BCUT2D eigenvalue weighted by molar-refractivity contribution is 7.15. The number of para-hydroxylation sites is 2. The second kappa shape index (κ2) is 8.00. The van der Waals surface area contributed by atoms with Gasteiger partial charge in [-0.3, -0.25) is 4.79 Å². The summed E-state index contributed by atoms with van der Waals surface area (Å²) in [6.07, 6.45) is 3.92. The van der Waals surface area contributed by atoms with Crippen LogP contribution in [-0.4, -0.2) is 34.2 Å². The van der Waals surface area contributed by atoms with Crippen LogP contribution in [0.5, 0.6) is 11.5 Å². The van der Waals surface area contributed by atoms with Gasteiger partial charge in [0, 0.05) is 5.56 Å². The molecule has 0 aliphatic rings. The molecule has 7 nitrogen and oxygen atoms in total. The molecule has 2 aromatic heterocycles. The zero-order valence-electron chi connectivity index (χ0n) is 16.1. The highest BCUT2D eigenvalue weighted by Gasteiger charge is 2.15. The van der Waals surface area contributed by atoms with Crippen molar-refractivity contribution in [2.24, 2.45) is 0 Å². The van der Waals surface area contributed by atoms with Crippen molar-refractivity contribution in [3.05, 3.63) is 75.1 Å². The topological polar surface area (TPSA) is 90.1 Å². The third-order valence-corrected chi connectivity index (χ3v) is 5.49. The van der Waals surface area contributed by atoms with Gasteiger partial charge < -0.3 is 14.6 Å². The molecule has 4 aromatic rings. The molecule has 0 atom stereocenters. The number of hydrogen-bond donors (Lipinski definition) is 1. The number of imidazole rings is 1. The van der Waals surface area contributed by atoms with Gasteiger partial charge in [0.15, 0.2) is 23.1 Å². The van der Waals surface area contributed by atoms with Gasteiger partial charge in [-0.05, 0) is 42.3 Å². The summed E-state index contributed by atoms with van der Waals surface area (Å²) >= 11 is 1.31. The average molecular weight is 422 g/mol. The van der Waals surface area contributed by atoms with Crippen LogP contribution in [0.15, 0.2) is 53.8 Å². The minimum absolute atomic E-state index is 0.140. The average Bonchev–Trinajstić information content (AvgIpc) is 3.23. The van der Waals surface area contributed by atoms with E-state index < -0.39 is 12.6 Å². The molecule has 0 aliphatic heterocycles. The summed E-state index contributed by atoms with van der Waals surface area (Å²) in [6.45, 7) is 3.26. The first-order valence-corrected chi connectivity index (χ1v) is 9.91. The van der Waals surface area contributed by atoms with Crippen molar-refractivity contribution in [2.75, 3.05) is 13.7 Å². The maximum Gasteiger partial charge on any atom is 0.341 e. The molecule has 152 valence electrons. The van der Waals surface area contributed by atoms with Gasteiger partial charge in [-0.1, -0.05) is 29.5 Å². The van der Waals surface area contributed by atoms with Crippen molar-refractivity contribution in [1.82, 2.24) is 9.38 Å². The van der Waals surface area contributed by atoms with Crippen LogP contribution in [0.1, 0.15) is 11.1 Å². The van der Waals surface area contributed by atoms with Gasteiger partial charge in [0.2, 0.25) is 0 Å². The second-order valence-electron chi connectivity index (χ2n) is 6.52. The fraction of sp³-hybridized carbons (Fsp3) is 0.136. The maximum atomic E-state index is 13.0. The van der Waals surface area contributed by atoms with Crippen LogP contribution in [0.3, 0.4) is 0 Å². The minimum Gasteiger partial charge on any atom is -0.493 e. The summed E-state index contributed by atoms with van der Waals surface area (Å²) in [7, 11) is 1.48. The molecule has 0 fully saturated rings. The van der Waals surface area contributed by atoms with Crippen molar-refractivity contribution in [3.8, 4) is 11.5 Å². The standard InChI is InChI=1S/C22H18N2O5S/c1-3-6-14-9-13(10-17(28-2)20(14)29-12-19(25)26)11-18-21(27)24-16-8-5-4-7-15(16)23-22(24)30-18/h3-5,7-11H,1,6,12H2,2H3,(H,25,26). The Morgan fingerprint density at radius 2 is 2.13 bits per heavy atom. The Bertz CT molecular complexity index is 1390. The molecule has 0 spiro atoms. The van der Waals surface area contributed by atoms with E-state index in [4.69, 9.17) is 14.6 Å². The number of benzene rings is 2. The Balaban J connectivity index is 1.86. The first kappa shape index (κ1) is 19.7. The second-order valence-corrected chi connectivity index (χ2v) is 7.53. The molecule has 0 bridgehead atoms. The Labute approximate surface area is 175 Å². The molecule has 0 unspecified atom stereocenters. The molecular formula is C22H18N2O5S. The number of methoxy groups -OCH3 is 1. The van der Waals surface area contributed by atoms with Crippen LogP contribution in [0.2, 0.25) is 0 Å². The Morgan fingerprint density at radius 1 is 1.33 bits per heavy atom. The number of thiazole rings is 1. The lowest BCUT2D eigenvalue weighted by Crippen LogP contribution is -2.22. The number of carboxylic acid groups (broad SMARTS) is 1. The van der Waals surface area contributed by atoms with E-state index in [1.807, 2.05) is 30.3 Å². The number of fused-ring (bicyclic) bond motifs is 3. The van der Waals surface area contributed by atoms with Gasteiger partial charge in [-0.25, -0.2) is 14.2 Å². The van der Waals surface area contributed by atoms with Crippen LogP contribution in [0.25, 0.3) is 22.1 Å². The lowest BCUT2D eigenvalue weighted by molar-refractivity contribution is -0.139. The van der Waals surface area contributed by atoms with Crippen LogP contribution < -0.4 is 19.6 Å². The van der Waals surface area contributed by atoms with Crippen molar-refractivity contribution < 1.29 is 19.4 Å². The van der Waals surface area contributed by atoms with Crippen LogP contribution in [0, 0.1) is 0 Å². The van der Waals surface area contributed by atoms with Gasteiger partial charge >= 0.3 is 5.97 Å². The van der Waals surface area contributed by atoms with E-state index in [2.05, 4.69) is 11.6 Å². The maximum absolute atomic E-state index is 13.0. The molecule has 0 radical (unpaired) electrons. The molecule has 0 saturated carbocycles. The first-order chi connectivity index (χ1) is 14.5. The summed E-state index contributed by atoms with van der Waals surface area (Å²) in [5.41, 5.74) is 2.87. The van der Waals surface area contributed by atoms with Gasteiger partial charge in [0.05, 0.1) is 22.7 Å². The van der Waals surface area contributed by atoms with Crippen molar-refractivity contribution in [1.29, 1.82) is 0 Å². The highest BCUT2D eigenvalue weighted by atomic mass is 32.1. The third-order valence-electron chi connectivity index (χ3n) is 4.52. The summed E-state index contributed by atoms with van der Waals surface area (Å²) in [5, 5.41) is 8.93. The molecule has 30 heavy (non-hydrogen) atoms. The predicted octanol–water partition coefficient (Wildman–Crippen LogP) is 2.66. The zero-order valence-corrected chi connectivity index (χ0v) is 16.9. The quantitative estimate of drug-likeness (QED) is 0.461. The van der Waals surface area contributed by atoms with Gasteiger partial charge in [-0.2, -0.15) is 0 Å². The SMILES string of the molecule is C=CCc1cc(C=c2sc3nc4ccccc4n3c2=O)cc(OC)c1OCC(=O)O. The fourth-order valence-electron chi connectivity index (χ4n) is 3.29. The van der Waals surface area contributed by atoms with E-state index >= 15 is 0 Å². The van der Waals surface area contributed by atoms with Crippen LogP contribution in [-0.2, 0) is 11.2 Å². The number of carboxylic acids is 1. The zero-order chi connectivity index (χ0) is 21.3.